The molecular weight excluding hydrogens is 292 g/mol. The molecule has 2 atom stereocenters. The number of pyridine rings is 1. The summed E-state index contributed by atoms with van der Waals surface area (Å²) < 4.78 is 0. The van der Waals surface area contributed by atoms with Crippen LogP contribution in [0.25, 0.3) is 0 Å². The largest absolute Gasteiger partial charge is 0.336 e. The van der Waals surface area contributed by atoms with Crippen LogP contribution in [-0.2, 0) is 4.79 Å². The maximum atomic E-state index is 12.2. The molecule has 23 heavy (non-hydrogen) atoms. The molecule has 3 N–H and O–H groups in total. The molecule has 0 spiro atoms. The molecule has 0 bridgehead atoms. The Bertz CT molecular complexity index is 543. The van der Waals surface area contributed by atoms with Crippen LogP contribution in [-0.4, -0.2) is 29.0 Å². The highest BCUT2D eigenvalue weighted by molar-refractivity contribution is 5.96. The van der Waals surface area contributed by atoms with Gasteiger partial charge in [-0.15, -0.1) is 0 Å². The predicted octanol–water partition coefficient (Wildman–Crippen LogP) is 2.30. The molecule has 6 heteroatoms. The number of hydrogen-bond acceptors (Lipinski definition) is 4. The van der Waals surface area contributed by atoms with Crippen LogP contribution in [0.2, 0.25) is 0 Å². The molecule has 0 fully saturated rings. The quantitative estimate of drug-likeness (QED) is 0.751. The van der Waals surface area contributed by atoms with E-state index in [1.54, 1.807) is 13.1 Å². The van der Waals surface area contributed by atoms with E-state index in [1.807, 2.05) is 32.9 Å². The van der Waals surface area contributed by atoms with Crippen LogP contribution in [0, 0.1) is 12.8 Å². The summed E-state index contributed by atoms with van der Waals surface area (Å²) in [5.41, 5.74) is 2.00. The van der Waals surface area contributed by atoms with E-state index in [2.05, 4.69) is 34.8 Å². The number of rotatable bonds is 6. The highest BCUT2D eigenvalue weighted by Crippen LogP contribution is 2.23. The number of urea groups is 1. The van der Waals surface area contributed by atoms with E-state index in [1.165, 1.54) is 0 Å². The molecule has 0 saturated heterocycles. The Kier molecular flexibility index (Phi) is 7.16. The van der Waals surface area contributed by atoms with Gasteiger partial charge in [-0.05, 0) is 45.2 Å². The van der Waals surface area contributed by atoms with Gasteiger partial charge in [0.2, 0.25) is 5.91 Å². The van der Waals surface area contributed by atoms with E-state index in [4.69, 9.17) is 0 Å². The Morgan fingerprint density at radius 1 is 1.13 bits per heavy atom. The summed E-state index contributed by atoms with van der Waals surface area (Å²) in [6.07, 6.45) is 1.75. The van der Waals surface area contributed by atoms with Gasteiger partial charge in [0.05, 0.1) is 17.8 Å². The third-order valence-corrected chi connectivity index (χ3v) is 3.49. The van der Waals surface area contributed by atoms with Crippen molar-refractivity contribution in [3.8, 4) is 0 Å². The number of imide groups is 1. The first-order valence-electron chi connectivity index (χ1n) is 8.01. The normalized spacial score (nSPS) is 13.7. The van der Waals surface area contributed by atoms with Gasteiger partial charge >= 0.3 is 6.03 Å². The van der Waals surface area contributed by atoms with Crippen molar-refractivity contribution in [2.45, 2.75) is 59.7 Å². The molecule has 0 aliphatic carbocycles. The molecule has 1 heterocycles. The summed E-state index contributed by atoms with van der Waals surface area (Å²) in [6, 6.07) is 2.81. The highest BCUT2D eigenvalue weighted by atomic mass is 16.2. The molecule has 0 aromatic carbocycles. The third-order valence-electron chi connectivity index (χ3n) is 3.49. The molecule has 2 unspecified atom stereocenters. The molecule has 128 valence electrons. The van der Waals surface area contributed by atoms with Crippen molar-refractivity contribution < 1.29 is 9.59 Å². The minimum absolute atomic E-state index is 0.0225. The van der Waals surface area contributed by atoms with E-state index in [0.29, 0.717) is 0 Å². The van der Waals surface area contributed by atoms with Crippen LogP contribution in [0.15, 0.2) is 18.3 Å². The first-order chi connectivity index (χ1) is 10.7. The second-order valence-corrected chi connectivity index (χ2v) is 6.43. The molecular formula is C17H28N4O2. The van der Waals surface area contributed by atoms with Crippen LogP contribution >= 0.6 is 0 Å². The summed E-state index contributed by atoms with van der Waals surface area (Å²) in [4.78, 5) is 28.2. The van der Waals surface area contributed by atoms with Crippen molar-refractivity contribution >= 4 is 11.9 Å². The first kappa shape index (κ1) is 19.1. The Morgan fingerprint density at radius 2 is 1.78 bits per heavy atom. The average molecular weight is 320 g/mol. The van der Waals surface area contributed by atoms with Crippen LogP contribution < -0.4 is 16.0 Å². The summed E-state index contributed by atoms with van der Waals surface area (Å²) in [6.45, 7) is 11.6. The lowest BCUT2D eigenvalue weighted by atomic mass is 9.96. The molecule has 6 nitrogen and oxygen atoms in total. The standard InChI is InChI=1S/C17H28N4O2/c1-10(2)14(15-12(5)8-7-9-18-15)20-13(6)16(22)21-17(23)19-11(3)4/h7-11,13-14,20H,1-6H3,(H2,19,21,22,23). The third kappa shape index (κ3) is 5.98. The molecule has 0 saturated carbocycles. The maximum Gasteiger partial charge on any atom is 0.321 e. The summed E-state index contributed by atoms with van der Waals surface area (Å²) >= 11 is 0. The van der Waals surface area contributed by atoms with Gasteiger partial charge in [-0.2, -0.15) is 0 Å². The Morgan fingerprint density at radius 3 is 2.30 bits per heavy atom. The zero-order chi connectivity index (χ0) is 17.6. The van der Waals surface area contributed by atoms with Crippen LogP contribution in [0.5, 0.6) is 0 Å². The lowest BCUT2D eigenvalue weighted by Crippen LogP contribution is -2.50. The fraction of sp³-hybridized carbons (Fsp3) is 0.588. The van der Waals surface area contributed by atoms with E-state index in [0.717, 1.165) is 11.3 Å². The Labute approximate surface area is 138 Å². The van der Waals surface area contributed by atoms with Crippen molar-refractivity contribution in [2.24, 2.45) is 5.92 Å². The zero-order valence-corrected chi connectivity index (χ0v) is 14.8. The number of aryl methyl sites for hydroxylation is 1. The minimum atomic E-state index is -0.512. The van der Waals surface area contributed by atoms with E-state index < -0.39 is 12.1 Å². The molecule has 0 aliphatic rings. The number of aromatic nitrogens is 1. The van der Waals surface area contributed by atoms with Crippen molar-refractivity contribution in [1.82, 2.24) is 20.9 Å². The van der Waals surface area contributed by atoms with Gasteiger partial charge in [0.15, 0.2) is 0 Å². The number of carbonyl (C=O) groups is 2. The monoisotopic (exact) mass is 320 g/mol. The van der Waals surface area contributed by atoms with Gasteiger partial charge in [-0.25, -0.2) is 4.79 Å². The Hall–Kier alpha value is -1.95. The minimum Gasteiger partial charge on any atom is -0.336 e. The van der Waals surface area contributed by atoms with Gasteiger partial charge in [0.25, 0.3) is 0 Å². The molecule has 1 aromatic heterocycles. The van der Waals surface area contributed by atoms with E-state index >= 15 is 0 Å². The van der Waals surface area contributed by atoms with Crippen molar-refractivity contribution in [2.75, 3.05) is 0 Å². The van der Waals surface area contributed by atoms with E-state index in [9.17, 15) is 9.59 Å². The summed E-state index contributed by atoms with van der Waals surface area (Å²) in [5, 5.41) is 8.26. The van der Waals surface area contributed by atoms with E-state index in [-0.39, 0.29) is 23.9 Å². The molecule has 1 rings (SSSR count). The Balaban J connectivity index is 2.75. The SMILES string of the molecule is Cc1cccnc1C(NC(C)C(=O)NC(=O)NC(C)C)C(C)C. The fourth-order valence-electron chi connectivity index (χ4n) is 2.27. The van der Waals surface area contributed by atoms with Crippen molar-refractivity contribution in [3.63, 3.8) is 0 Å². The van der Waals surface area contributed by atoms with Gasteiger partial charge in [-0.3, -0.25) is 20.4 Å². The second-order valence-electron chi connectivity index (χ2n) is 6.43. The molecule has 0 aliphatic heterocycles. The molecule has 1 aromatic rings. The summed E-state index contributed by atoms with van der Waals surface area (Å²) in [7, 11) is 0. The topological polar surface area (TPSA) is 83.1 Å². The highest BCUT2D eigenvalue weighted by Gasteiger charge is 2.24. The van der Waals surface area contributed by atoms with Crippen LogP contribution in [0.3, 0.4) is 0 Å². The summed E-state index contributed by atoms with van der Waals surface area (Å²) in [5.74, 6) is -0.106. The maximum absolute atomic E-state index is 12.2. The van der Waals surface area contributed by atoms with Crippen molar-refractivity contribution in [3.05, 3.63) is 29.6 Å². The van der Waals surface area contributed by atoms with Crippen LogP contribution in [0.4, 0.5) is 4.79 Å². The lowest BCUT2D eigenvalue weighted by molar-refractivity contribution is -0.121. The molecule has 0 radical (unpaired) electrons. The molecule has 3 amide bonds. The lowest BCUT2D eigenvalue weighted by Gasteiger charge is -2.26. The predicted molar refractivity (Wildman–Crippen MR) is 91.0 cm³/mol. The first-order valence-corrected chi connectivity index (χ1v) is 8.01. The van der Waals surface area contributed by atoms with Crippen molar-refractivity contribution in [1.29, 1.82) is 0 Å². The number of carbonyl (C=O) groups excluding carboxylic acids is 2. The zero-order valence-electron chi connectivity index (χ0n) is 14.8. The number of hydrogen-bond donors (Lipinski definition) is 3. The smallest absolute Gasteiger partial charge is 0.321 e. The van der Waals surface area contributed by atoms with Gasteiger partial charge in [0.1, 0.15) is 0 Å². The van der Waals surface area contributed by atoms with Gasteiger partial charge in [-0.1, -0.05) is 19.9 Å². The second kappa shape index (κ2) is 8.62. The number of amides is 3. The van der Waals surface area contributed by atoms with Crippen LogP contribution in [0.1, 0.15) is 51.9 Å². The number of nitrogens with zero attached hydrogens (tertiary/aromatic N) is 1. The number of nitrogens with one attached hydrogen (secondary N) is 3. The fourth-order valence-corrected chi connectivity index (χ4v) is 2.27. The van der Waals surface area contributed by atoms with Gasteiger partial charge in [0, 0.05) is 12.2 Å². The van der Waals surface area contributed by atoms with Gasteiger partial charge < -0.3 is 5.32 Å². The average Bonchev–Trinajstić information content (AvgIpc) is 2.44.